The minimum atomic E-state index is 0.725. The van der Waals surface area contributed by atoms with Crippen LogP contribution in [0.3, 0.4) is 0 Å². The lowest BCUT2D eigenvalue weighted by Gasteiger charge is -2.08. The summed E-state index contributed by atoms with van der Waals surface area (Å²) < 4.78 is 0. The molecular weight excluding hydrogens is 236 g/mol. The second kappa shape index (κ2) is 5.02. The quantitative estimate of drug-likeness (QED) is 0.776. The van der Waals surface area contributed by atoms with E-state index in [-0.39, 0.29) is 0 Å². The van der Waals surface area contributed by atoms with Gasteiger partial charge in [-0.3, -0.25) is 4.98 Å². The predicted molar refractivity (Wildman–Crippen MR) is 75.8 cm³/mol. The van der Waals surface area contributed by atoms with Crippen molar-refractivity contribution >= 4 is 16.6 Å². The Morgan fingerprint density at radius 1 is 1.05 bits per heavy atom. The van der Waals surface area contributed by atoms with Gasteiger partial charge in [-0.15, -0.1) is 0 Å². The maximum atomic E-state index is 4.29. The van der Waals surface area contributed by atoms with Crippen LogP contribution in [0, 0.1) is 6.92 Å². The standard InChI is InChI=1S/C15H14N4/c1-11-6-7-12(8-16-11)9-17-15-10-18-19-14-5-3-2-4-13(14)15/h2-8,10H,9H2,1H3,(H,17,19). The fraction of sp³-hybridized carbons (Fsp3) is 0.133. The van der Waals surface area contributed by atoms with Crippen molar-refractivity contribution in [1.82, 2.24) is 15.2 Å². The van der Waals surface area contributed by atoms with Crippen molar-refractivity contribution in [1.29, 1.82) is 0 Å². The summed E-state index contributed by atoms with van der Waals surface area (Å²) in [5, 5.41) is 12.6. The molecule has 0 saturated heterocycles. The van der Waals surface area contributed by atoms with E-state index in [4.69, 9.17) is 0 Å². The average molecular weight is 250 g/mol. The molecule has 3 aromatic rings. The van der Waals surface area contributed by atoms with Crippen LogP contribution in [-0.4, -0.2) is 15.2 Å². The fourth-order valence-corrected chi connectivity index (χ4v) is 1.95. The molecule has 4 nitrogen and oxygen atoms in total. The lowest BCUT2D eigenvalue weighted by Crippen LogP contribution is -2.01. The second-order valence-electron chi connectivity index (χ2n) is 4.44. The first-order chi connectivity index (χ1) is 9.33. The largest absolute Gasteiger partial charge is 0.379 e. The van der Waals surface area contributed by atoms with Gasteiger partial charge in [-0.05, 0) is 24.6 Å². The van der Waals surface area contributed by atoms with Crippen molar-refractivity contribution in [2.24, 2.45) is 0 Å². The number of hydrogen-bond acceptors (Lipinski definition) is 4. The second-order valence-corrected chi connectivity index (χ2v) is 4.44. The number of anilines is 1. The van der Waals surface area contributed by atoms with Crippen LogP contribution in [-0.2, 0) is 6.54 Å². The molecule has 0 spiro atoms. The van der Waals surface area contributed by atoms with Crippen molar-refractivity contribution < 1.29 is 0 Å². The number of nitrogens with one attached hydrogen (secondary N) is 1. The van der Waals surface area contributed by atoms with Crippen molar-refractivity contribution in [2.45, 2.75) is 13.5 Å². The molecule has 0 bridgehead atoms. The lowest BCUT2D eigenvalue weighted by molar-refractivity contribution is 1.05. The predicted octanol–water partition coefficient (Wildman–Crippen LogP) is 2.95. The topological polar surface area (TPSA) is 50.7 Å². The van der Waals surface area contributed by atoms with Gasteiger partial charge in [0.15, 0.2) is 0 Å². The maximum absolute atomic E-state index is 4.29. The van der Waals surface area contributed by atoms with Crippen LogP contribution in [0.1, 0.15) is 11.3 Å². The maximum Gasteiger partial charge on any atom is 0.0950 e. The number of fused-ring (bicyclic) bond motifs is 1. The first kappa shape index (κ1) is 11.6. The highest BCUT2D eigenvalue weighted by Crippen LogP contribution is 2.20. The van der Waals surface area contributed by atoms with Gasteiger partial charge in [0.05, 0.1) is 17.4 Å². The van der Waals surface area contributed by atoms with Crippen LogP contribution >= 0.6 is 0 Å². The third-order valence-electron chi connectivity index (χ3n) is 3.00. The third kappa shape index (κ3) is 2.52. The molecule has 4 heteroatoms. The van der Waals surface area contributed by atoms with Crippen LogP contribution in [0.5, 0.6) is 0 Å². The number of pyridine rings is 1. The molecule has 0 aliphatic heterocycles. The minimum Gasteiger partial charge on any atom is -0.379 e. The van der Waals surface area contributed by atoms with Gasteiger partial charge in [0.1, 0.15) is 0 Å². The van der Waals surface area contributed by atoms with E-state index in [1.165, 1.54) is 0 Å². The highest BCUT2D eigenvalue weighted by atomic mass is 15.1. The molecule has 3 rings (SSSR count). The van der Waals surface area contributed by atoms with Gasteiger partial charge in [-0.25, -0.2) is 0 Å². The monoisotopic (exact) mass is 250 g/mol. The number of rotatable bonds is 3. The van der Waals surface area contributed by atoms with Crippen molar-refractivity contribution in [3.8, 4) is 0 Å². The molecule has 2 heterocycles. The van der Waals surface area contributed by atoms with E-state index < -0.39 is 0 Å². The van der Waals surface area contributed by atoms with Crippen molar-refractivity contribution in [3.05, 3.63) is 60.0 Å². The van der Waals surface area contributed by atoms with Gasteiger partial charge in [0.2, 0.25) is 0 Å². The molecule has 0 aliphatic rings. The first-order valence-electron chi connectivity index (χ1n) is 6.19. The molecule has 0 aliphatic carbocycles. The Labute approximate surface area is 111 Å². The lowest BCUT2D eigenvalue weighted by atomic mass is 10.2. The zero-order valence-electron chi connectivity index (χ0n) is 10.7. The normalized spacial score (nSPS) is 10.6. The molecule has 0 unspecified atom stereocenters. The molecule has 19 heavy (non-hydrogen) atoms. The summed E-state index contributed by atoms with van der Waals surface area (Å²) >= 11 is 0. The highest BCUT2D eigenvalue weighted by Gasteiger charge is 2.02. The van der Waals surface area contributed by atoms with E-state index >= 15 is 0 Å². The Hall–Kier alpha value is -2.49. The van der Waals surface area contributed by atoms with E-state index in [0.717, 1.165) is 34.4 Å². The third-order valence-corrected chi connectivity index (χ3v) is 3.00. The van der Waals surface area contributed by atoms with Crippen molar-refractivity contribution in [2.75, 3.05) is 5.32 Å². The fourth-order valence-electron chi connectivity index (χ4n) is 1.95. The Morgan fingerprint density at radius 2 is 1.95 bits per heavy atom. The van der Waals surface area contributed by atoms with Gasteiger partial charge in [-0.2, -0.15) is 10.2 Å². The summed E-state index contributed by atoms with van der Waals surface area (Å²) in [4.78, 5) is 4.29. The zero-order valence-corrected chi connectivity index (χ0v) is 10.7. The number of nitrogens with zero attached hydrogens (tertiary/aromatic N) is 3. The summed E-state index contributed by atoms with van der Waals surface area (Å²) in [7, 11) is 0. The van der Waals surface area contributed by atoms with E-state index in [1.54, 1.807) is 6.20 Å². The zero-order chi connectivity index (χ0) is 13.1. The number of hydrogen-bond donors (Lipinski definition) is 1. The summed E-state index contributed by atoms with van der Waals surface area (Å²) in [6, 6.07) is 12.1. The number of aromatic nitrogens is 3. The Balaban J connectivity index is 1.84. The van der Waals surface area contributed by atoms with Crippen LogP contribution in [0.15, 0.2) is 48.8 Å². The SMILES string of the molecule is Cc1ccc(CNc2cnnc3ccccc23)cn1. The van der Waals surface area contributed by atoms with E-state index in [2.05, 4.69) is 26.6 Å². The summed E-state index contributed by atoms with van der Waals surface area (Å²) in [5.74, 6) is 0. The summed E-state index contributed by atoms with van der Waals surface area (Å²) in [6.45, 7) is 2.71. The van der Waals surface area contributed by atoms with Crippen LogP contribution in [0.2, 0.25) is 0 Å². The van der Waals surface area contributed by atoms with Gasteiger partial charge in [-0.1, -0.05) is 24.3 Å². The molecule has 0 amide bonds. The van der Waals surface area contributed by atoms with E-state index in [0.29, 0.717) is 0 Å². The molecular formula is C15H14N4. The molecule has 94 valence electrons. The van der Waals surface area contributed by atoms with Gasteiger partial charge in [0, 0.05) is 23.8 Å². The van der Waals surface area contributed by atoms with Gasteiger partial charge < -0.3 is 5.32 Å². The molecule has 0 radical (unpaired) electrons. The summed E-state index contributed by atoms with van der Waals surface area (Å²) in [6.07, 6.45) is 3.64. The number of benzene rings is 1. The first-order valence-corrected chi connectivity index (χ1v) is 6.19. The van der Waals surface area contributed by atoms with Crippen LogP contribution in [0.4, 0.5) is 5.69 Å². The Kier molecular flexibility index (Phi) is 3.06. The Bertz CT molecular complexity index is 687. The Morgan fingerprint density at radius 3 is 2.79 bits per heavy atom. The number of aryl methyl sites for hydroxylation is 1. The summed E-state index contributed by atoms with van der Waals surface area (Å²) in [5.41, 5.74) is 4.06. The van der Waals surface area contributed by atoms with Crippen LogP contribution < -0.4 is 5.32 Å². The average Bonchev–Trinajstić information content (AvgIpc) is 2.47. The van der Waals surface area contributed by atoms with E-state index in [9.17, 15) is 0 Å². The highest BCUT2D eigenvalue weighted by molar-refractivity contribution is 5.90. The van der Waals surface area contributed by atoms with Gasteiger partial charge in [0.25, 0.3) is 0 Å². The van der Waals surface area contributed by atoms with Crippen LogP contribution in [0.25, 0.3) is 10.9 Å². The van der Waals surface area contributed by atoms with E-state index in [1.807, 2.05) is 43.5 Å². The molecule has 0 fully saturated rings. The van der Waals surface area contributed by atoms with Crippen molar-refractivity contribution in [3.63, 3.8) is 0 Å². The minimum absolute atomic E-state index is 0.725. The molecule has 0 saturated carbocycles. The molecule has 2 aromatic heterocycles. The molecule has 1 aromatic carbocycles. The van der Waals surface area contributed by atoms with Gasteiger partial charge >= 0.3 is 0 Å². The smallest absolute Gasteiger partial charge is 0.0950 e. The molecule has 0 atom stereocenters. The molecule has 1 N–H and O–H groups in total.